The van der Waals surface area contributed by atoms with Crippen LogP contribution in [0.25, 0.3) is 0 Å². The fourth-order valence-corrected chi connectivity index (χ4v) is 2.68. The number of nitro groups is 1. The van der Waals surface area contributed by atoms with Crippen LogP contribution in [0.3, 0.4) is 0 Å². The zero-order chi connectivity index (χ0) is 16.4. The van der Waals surface area contributed by atoms with Gasteiger partial charge < -0.3 is 14.7 Å². The monoisotopic (exact) mass is 315 g/mol. The number of rotatable bonds is 3. The van der Waals surface area contributed by atoms with Crippen LogP contribution in [0.4, 0.5) is 11.5 Å². The smallest absolute Gasteiger partial charge is 0.311 e. The van der Waals surface area contributed by atoms with Crippen molar-refractivity contribution in [1.82, 2.24) is 4.98 Å². The van der Waals surface area contributed by atoms with E-state index in [-0.39, 0.29) is 17.5 Å². The van der Waals surface area contributed by atoms with Crippen molar-refractivity contribution < 1.29 is 14.8 Å². The van der Waals surface area contributed by atoms with Gasteiger partial charge in [0.25, 0.3) is 0 Å². The Morgan fingerprint density at radius 1 is 1.39 bits per heavy atom. The van der Waals surface area contributed by atoms with Crippen LogP contribution in [0, 0.1) is 17.0 Å². The summed E-state index contributed by atoms with van der Waals surface area (Å²) in [5, 5.41) is 20.9. The number of morpholine rings is 1. The van der Waals surface area contributed by atoms with E-state index >= 15 is 0 Å². The second-order valence-corrected chi connectivity index (χ2v) is 5.45. The third-order valence-electron chi connectivity index (χ3n) is 3.80. The average molecular weight is 315 g/mol. The Kier molecular flexibility index (Phi) is 4.12. The van der Waals surface area contributed by atoms with Gasteiger partial charge >= 0.3 is 5.69 Å². The number of aryl methyl sites for hydroxylation is 1. The van der Waals surface area contributed by atoms with Crippen molar-refractivity contribution in [1.29, 1.82) is 0 Å². The minimum Gasteiger partial charge on any atom is -0.508 e. The number of aromatic hydroxyl groups is 1. The molecule has 0 saturated carbocycles. The molecule has 120 valence electrons. The Bertz CT molecular complexity index is 735. The lowest BCUT2D eigenvalue weighted by Gasteiger charge is -2.33. The van der Waals surface area contributed by atoms with E-state index in [9.17, 15) is 15.2 Å². The van der Waals surface area contributed by atoms with Crippen molar-refractivity contribution in [3.8, 4) is 5.75 Å². The minimum absolute atomic E-state index is 0.00726. The fraction of sp³-hybridized carbons (Fsp3) is 0.312. The van der Waals surface area contributed by atoms with E-state index in [4.69, 9.17) is 4.74 Å². The summed E-state index contributed by atoms with van der Waals surface area (Å²) in [6.45, 7) is 3.22. The number of aromatic nitrogens is 1. The maximum atomic E-state index is 11.2. The molecule has 3 rings (SSSR count). The highest BCUT2D eigenvalue weighted by Gasteiger charge is 2.28. The summed E-state index contributed by atoms with van der Waals surface area (Å²) in [5.41, 5.74) is 1.56. The van der Waals surface area contributed by atoms with Crippen LogP contribution in [0.2, 0.25) is 0 Å². The topological polar surface area (TPSA) is 88.7 Å². The highest BCUT2D eigenvalue weighted by molar-refractivity contribution is 5.58. The van der Waals surface area contributed by atoms with Crippen molar-refractivity contribution in [2.75, 3.05) is 24.6 Å². The summed E-state index contributed by atoms with van der Waals surface area (Å²) in [6, 6.07) is 9.97. The summed E-state index contributed by atoms with van der Waals surface area (Å²) >= 11 is 0. The molecule has 0 radical (unpaired) electrons. The van der Waals surface area contributed by atoms with Gasteiger partial charge in [-0.3, -0.25) is 10.1 Å². The summed E-state index contributed by atoms with van der Waals surface area (Å²) in [5.74, 6) is 0.534. The zero-order valence-corrected chi connectivity index (χ0v) is 12.7. The molecule has 1 aromatic heterocycles. The van der Waals surface area contributed by atoms with Gasteiger partial charge in [0.2, 0.25) is 5.82 Å². The van der Waals surface area contributed by atoms with Crippen LogP contribution >= 0.6 is 0 Å². The predicted octanol–water partition coefficient (Wildman–Crippen LogP) is 2.58. The van der Waals surface area contributed by atoms with Crippen LogP contribution in [0.15, 0.2) is 36.4 Å². The molecule has 7 heteroatoms. The first-order valence-electron chi connectivity index (χ1n) is 7.32. The Morgan fingerprint density at radius 2 is 2.22 bits per heavy atom. The second kappa shape index (κ2) is 6.21. The molecule has 1 fully saturated rings. The number of pyridine rings is 1. The molecule has 2 heterocycles. The Labute approximate surface area is 133 Å². The summed E-state index contributed by atoms with van der Waals surface area (Å²) in [4.78, 5) is 17.0. The molecule has 1 atom stereocenters. The van der Waals surface area contributed by atoms with Gasteiger partial charge in [-0.2, -0.15) is 0 Å². The number of hydrogen-bond donors (Lipinski definition) is 1. The molecule has 0 bridgehead atoms. The minimum atomic E-state index is -0.416. The van der Waals surface area contributed by atoms with Gasteiger partial charge in [-0.15, -0.1) is 0 Å². The molecule has 0 spiro atoms. The third kappa shape index (κ3) is 3.24. The van der Waals surface area contributed by atoms with E-state index in [1.54, 1.807) is 31.2 Å². The Hall–Kier alpha value is -2.67. The average Bonchev–Trinajstić information content (AvgIpc) is 2.54. The largest absolute Gasteiger partial charge is 0.508 e. The number of hydrogen-bond acceptors (Lipinski definition) is 6. The molecule has 1 aliphatic rings. The maximum absolute atomic E-state index is 11.2. The quantitative estimate of drug-likeness (QED) is 0.692. The van der Waals surface area contributed by atoms with E-state index in [1.165, 1.54) is 6.07 Å². The molecular weight excluding hydrogens is 298 g/mol. The van der Waals surface area contributed by atoms with Gasteiger partial charge in [-0.05, 0) is 30.7 Å². The lowest BCUT2D eigenvalue weighted by atomic mass is 10.1. The van der Waals surface area contributed by atoms with E-state index in [2.05, 4.69) is 4.98 Å². The first-order chi connectivity index (χ1) is 11.0. The molecule has 1 N–H and O–H groups in total. The van der Waals surface area contributed by atoms with E-state index in [1.807, 2.05) is 11.0 Å². The van der Waals surface area contributed by atoms with Crippen molar-refractivity contribution in [3.63, 3.8) is 0 Å². The zero-order valence-electron chi connectivity index (χ0n) is 12.7. The van der Waals surface area contributed by atoms with Gasteiger partial charge in [0.15, 0.2) is 0 Å². The fourth-order valence-electron chi connectivity index (χ4n) is 2.68. The van der Waals surface area contributed by atoms with Gasteiger partial charge in [-0.25, -0.2) is 4.98 Å². The molecule has 7 nitrogen and oxygen atoms in total. The molecular formula is C16H17N3O4. The molecule has 23 heavy (non-hydrogen) atoms. The lowest BCUT2D eigenvalue weighted by Crippen LogP contribution is -2.39. The highest BCUT2D eigenvalue weighted by Crippen LogP contribution is 2.31. The number of phenolic OH excluding ortho intramolecular Hbond substituents is 1. The van der Waals surface area contributed by atoms with Crippen LogP contribution in [-0.4, -0.2) is 34.7 Å². The van der Waals surface area contributed by atoms with Gasteiger partial charge in [0.05, 0.1) is 18.1 Å². The Morgan fingerprint density at radius 3 is 2.96 bits per heavy atom. The SMILES string of the molecule is Cc1ccc([N+](=O)[O-])c(N2CCO[C@H](c3cccc(O)c3)C2)n1. The van der Waals surface area contributed by atoms with Gasteiger partial charge in [0.1, 0.15) is 11.9 Å². The third-order valence-corrected chi connectivity index (χ3v) is 3.80. The highest BCUT2D eigenvalue weighted by atomic mass is 16.6. The van der Waals surface area contributed by atoms with E-state index in [0.717, 1.165) is 11.3 Å². The van der Waals surface area contributed by atoms with E-state index in [0.29, 0.717) is 25.5 Å². The second-order valence-electron chi connectivity index (χ2n) is 5.45. The molecule has 1 saturated heterocycles. The van der Waals surface area contributed by atoms with Crippen LogP contribution in [0.1, 0.15) is 17.4 Å². The normalized spacial score (nSPS) is 18.0. The summed E-state index contributed by atoms with van der Waals surface area (Å²) in [7, 11) is 0. The van der Waals surface area contributed by atoms with Crippen molar-refractivity contribution in [3.05, 3.63) is 57.8 Å². The van der Waals surface area contributed by atoms with Crippen LogP contribution < -0.4 is 4.90 Å². The molecule has 0 aliphatic carbocycles. The number of benzene rings is 1. The van der Waals surface area contributed by atoms with Crippen molar-refractivity contribution >= 4 is 11.5 Å². The number of ether oxygens (including phenoxy) is 1. The van der Waals surface area contributed by atoms with Gasteiger partial charge in [0, 0.05) is 18.3 Å². The molecule has 0 unspecified atom stereocenters. The maximum Gasteiger partial charge on any atom is 0.311 e. The van der Waals surface area contributed by atoms with Crippen LogP contribution in [-0.2, 0) is 4.74 Å². The molecule has 2 aromatic rings. The standard InChI is InChI=1S/C16H17N3O4/c1-11-5-6-14(19(21)22)16(17-11)18-7-8-23-15(10-18)12-3-2-4-13(20)9-12/h2-6,9,15,20H,7-8,10H2,1H3/t15-/m0/s1. The number of anilines is 1. The van der Waals surface area contributed by atoms with Gasteiger partial charge in [-0.1, -0.05) is 12.1 Å². The molecule has 0 amide bonds. The van der Waals surface area contributed by atoms with Crippen LogP contribution in [0.5, 0.6) is 5.75 Å². The summed E-state index contributed by atoms with van der Waals surface area (Å²) in [6.07, 6.45) is -0.266. The van der Waals surface area contributed by atoms with Crippen molar-refractivity contribution in [2.24, 2.45) is 0 Å². The molecule has 1 aromatic carbocycles. The predicted molar refractivity (Wildman–Crippen MR) is 84.6 cm³/mol. The van der Waals surface area contributed by atoms with Crippen molar-refractivity contribution in [2.45, 2.75) is 13.0 Å². The Balaban J connectivity index is 1.90. The first-order valence-corrected chi connectivity index (χ1v) is 7.32. The number of phenols is 1. The lowest BCUT2D eigenvalue weighted by molar-refractivity contribution is -0.384. The van der Waals surface area contributed by atoms with E-state index < -0.39 is 4.92 Å². The number of nitrogens with zero attached hydrogens (tertiary/aromatic N) is 3. The summed E-state index contributed by atoms with van der Waals surface area (Å²) < 4.78 is 5.75. The molecule has 1 aliphatic heterocycles. The first kappa shape index (κ1) is 15.2.